The minimum absolute atomic E-state index is 0.0373. The molecule has 0 bridgehead atoms. The maximum absolute atomic E-state index is 13.3. The van der Waals surface area contributed by atoms with Crippen molar-refractivity contribution in [3.05, 3.63) is 29.0 Å². The Balaban J connectivity index is 1.54. The molecule has 8 heteroatoms. The van der Waals surface area contributed by atoms with E-state index >= 15 is 0 Å². The van der Waals surface area contributed by atoms with Gasteiger partial charge in [0.05, 0.1) is 10.5 Å². The van der Waals surface area contributed by atoms with Crippen LogP contribution in [0.2, 0.25) is 5.02 Å². The summed E-state index contributed by atoms with van der Waals surface area (Å²) in [5, 5.41) is 12.2. The summed E-state index contributed by atoms with van der Waals surface area (Å²) in [6, 6.07) is 3.81. The lowest BCUT2D eigenvalue weighted by Crippen LogP contribution is -2.68. The highest BCUT2D eigenvalue weighted by Crippen LogP contribution is 2.34. The Morgan fingerprint density at radius 1 is 1.07 bits per heavy atom. The molecule has 1 aromatic carbocycles. The van der Waals surface area contributed by atoms with Crippen molar-refractivity contribution in [2.75, 3.05) is 5.32 Å². The molecule has 3 rings (SSSR count). The Bertz CT molecular complexity index is 686. The van der Waals surface area contributed by atoms with Crippen molar-refractivity contribution in [1.29, 1.82) is 0 Å². The number of carbonyl (C=O) groups excluding carboxylic acids is 1. The average molecular weight is 459 g/mol. The summed E-state index contributed by atoms with van der Waals surface area (Å²) in [6.07, 6.45) is 11.2. The Kier molecular flexibility index (Phi) is 9.05. The first-order chi connectivity index (χ1) is 14.4. The average Bonchev–Trinajstić information content (AvgIpc) is 2.69. The minimum Gasteiger partial charge on any atom is -0.310 e. The third-order valence-electron chi connectivity index (χ3n) is 6.32. The van der Waals surface area contributed by atoms with E-state index in [9.17, 15) is 9.18 Å². The molecule has 0 aromatic heterocycles. The molecule has 1 aliphatic carbocycles. The van der Waals surface area contributed by atoms with Crippen LogP contribution >= 0.6 is 23.2 Å². The molecule has 168 valence electrons. The number of halogens is 3. The fraction of sp³-hybridized carbons (Fsp3) is 0.682. The molecule has 30 heavy (non-hydrogen) atoms. The van der Waals surface area contributed by atoms with Gasteiger partial charge in [0.1, 0.15) is 12.1 Å². The normalized spacial score (nSPS) is 29.2. The summed E-state index contributed by atoms with van der Waals surface area (Å²) in [5.41, 5.74) is 0.198. The van der Waals surface area contributed by atoms with Crippen LogP contribution in [-0.2, 0) is 0 Å². The smallest absolute Gasteiger partial charge is 0.310 e. The van der Waals surface area contributed by atoms with E-state index in [4.69, 9.17) is 23.2 Å². The second-order valence-corrected chi connectivity index (χ2v) is 9.45. The molecule has 1 heterocycles. The second kappa shape index (κ2) is 11.5. The first-order valence-corrected chi connectivity index (χ1v) is 11.9. The summed E-state index contributed by atoms with van der Waals surface area (Å²) < 4.78 is 13.3. The Morgan fingerprint density at radius 2 is 1.70 bits per heavy atom. The van der Waals surface area contributed by atoms with Gasteiger partial charge in [-0.05, 0) is 31.0 Å². The highest BCUT2D eigenvalue weighted by Gasteiger charge is 2.38. The molecule has 4 atom stereocenters. The van der Waals surface area contributed by atoms with Crippen LogP contribution in [0.15, 0.2) is 18.2 Å². The van der Waals surface area contributed by atoms with Crippen LogP contribution in [0.5, 0.6) is 0 Å². The quantitative estimate of drug-likeness (QED) is 0.342. The summed E-state index contributed by atoms with van der Waals surface area (Å²) in [6.45, 7) is 2.14. The number of rotatable bonds is 3. The molecule has 4 N–H and O–H groups in total. The van der Waals surface area contributed by atoms with Crippen LogP contribution in [0, 0.1) is 17.7 Å². The van der Waals surface area contributed by atoms with E-state index in [0.29, 0.717) is 17.5 Å². The Hall–Kier alpha value is -1.08. The van der Waals surface area contributed by atoms with Crippen LogP contribution in [0.25, 0.3) is 0 Å². The van der Waals surface area contributed by atoms with Gasteiger partial charge < -0.3 is 10.6 Å². The molecule has 0 spiro atoms. The van der Waals surface area contributed by atoms with E-state index in [1.807, 2.05) is 0 Å². The molecule has 0 radical (unpaired) electrons. The molecule has 2 aliphatic rings. The largest absolute Gasteiger partial charge is 0.321 e. The first-order valence-electron chi connectivity index (χ1n) is 11.1. The van der Waals surface area contributed by atoms with Gasteiger partial charge in [-0.3, -0.25) is 10.6 Å². The van der Waals surface area contributed by atoms with E-state index in [-0.39, 0.29) is 16.6 Å². The van der Waals surface area contributed by atoms with Crippen molar-refractivity contribution in [2.24, 2.45) is 11.8 Å². The van der Waals surface area contributed by atoms with Gasteiger partial charge >= 0.3 is 6.03 Å². The summed E-state index contributed by atoms with van der Waals surface area (Å²) in [5.74, 6) is 0.364. The number of benzene rings is 1. The van der Waals surface area contributed by atoms with Crippen molar-refractivity contribution in [1.82, 2.24) is 16.0 Å². The number of nitrogens with one attached hydrogen (secondary N) is 4. The fourth-order valence-electron chi connectivity index (χ4n) is 4.77. The van der Waals surface area contributed by atoms with Gasteiger partial charge in [0.2, 0.25) is 0 Å². The van der Waals surface area contributed by atoms with E-state index in [1.54, 1.807) is 0 Å². The Labute approximate surface area is 188 Å². The van der Waals surface area contributed by atoms with E-state index < -0.39 is 18.1 Å². The third-order valence-corrected chi connectivity index (χ3v) is 7.02. The standard InChI is InChI=1S/C22H33Cl2FN4O/c1-14-19(15-9-7-5-3-2-4-6-8-10-15)20(24)28-21(26-14)29-22(30)27-16-11-12-18(25)17(23)13-16/h11-15,19-21,26,28H,2-10H2,1H3,(H2,27,29,30). The monoisotopic (exact) mass is 458 g/mol. The van der Waals surface area contributed by atoms with Gasteiger partial charge in [-0.25, -0.2) is 9.18 Å². The predicted molar refractivity (Wildman–Crippen MR) is 121 cm³/mol. The SMILES string of the molecule is CC1NC(NC(=O)Nc2ccc(F)c(Cl)c2)NC(Cl)C1C1CCCCCCCCC1. The number of amides is 2. The van der Waals surface area contributed by atoms with Crippen LogP contribution in [0.1, 0.15) is 64.7 Å². The zero-order chi connectivity index (χ0) is 21.5. The second-order valence-electron chi connectivity index (χ2n) is 8.57. The number of hydrogen-bond acceptors (Lipinski definition) is 3. The summed E-state index contributed by atoms with van der Waals surface area (Å²) in [4.78, 5) is 12.3. The molecule has 1 saturated carbocycles. The maximum Gasteiger partial charge on any atom is 0.321 e. The van der Waals surface area contributed by atoms with Crippen LogP contribution in [0.4, 0.5) is 14.9 Å². The van der Waals surface area contributed by atoms with Crippen molar-refractivity contribution in [3.8, 4) is 0 Å². The lowest BCUT2D eigenvalue weighted by atomic mass is 9.78. The zero-order valence-corrected chi connectivity index (χ0v) is 19.0. The summed E-state index contributed by atoms with van der Waals surface area (Å²) >= 11 is 12.5. The first kappa shape index (κ1) is 23.6. The van der Waals surface area contributed by atoms with Crippen LogP contribution in [-0.4, -0.2) is 23.9 Å². The number of hydrogen-bond donors (Lipinski definition) is 4. The topological polar surface area (TPSA) is 65.2 Å². The van der Waals surface area contributed by atoms with Crippen molar-refractivity contribution >= 4 is 34.9 Å². The number of alkyl halides is 1. The van der Waals surface area contributed by atoms with Crippen LogP contribution < -0.4 is 21.3 Å². The van der Waals surface area contributed by atoms with Gasteiger partial charge in [-0.1, -0.05) is 69.4 Å². The van der Waals surface area contributed by atoms with Gasteiger partial charge in [0, 0.05) is 17.6 Å². The van der Waals surface area contributed by atoms with Crippen molar-refractivity contribution in [3.63, 3.8) is 0 Å². The molecule has 4 unspecified atom stereocenters. The molecule has 2 amide bonds. The van der Waals surface area contributed by atoms with Gasteiger partial charge in [0.15, 0.2) is 0 Å². The molecule has 2 fully saturated rings. The summed E-state index contributed by atoms with van der Waals surface area (Å²) in [7, 11) is 0. The van der Waals surface area contributed by atoms with Gasteiger partial charge in [0.25, 0.3) is 0 Å². The minimum atomic E-state index is -0.524. The molecule has 1 saturated heterocycles. The van der Waals surface area contributed by atoms with Gasteiger partial charge in [-0.15, -0.1) is 11.6 Å². The lowest BCUT2D eigenvalue weighted by Gasteiger charge is -2.44. The van der Waals surface area contributed by atoms with Crippen molar-refractivity contribution < 1.29 is 9.18 Å². The number of carbonyl (C=O) groups is 1. The fourth-order valence-corrected chi connectivity index (χ4v) is 5.51. The third kappa shape index (κ3) is 6.71. The lowest BCUT2D eigenvalue weighted by molar-refractivity contribution is 0.126. The molecular formula is C22H33Cl2FN4O. The Morgan fingerprint density at radius 3 is 2.30 bits per heavy atom. The van der Waals surface area contributed by atoms with E-state index in [2.05, 4.69) is 28.2 Å². The molecular weight excluding hydrogens is 426 g/mol. The van der Waals surface area contributed by atoms with E-state index in [0.717, 1.165) is 0 Å². The number of anilines is 1. The highest BCUT2D eigenvalue weighted by atomic mass is 35.5. The zero-order valence-electron chi connectivity index (χ0n) is 17.5. The van der Waals surface area contributed by atoms with Crippen LogP contribution in [0.3, 0.4) is 0 Å². The van der Waals surface area contributed by atoms with E-state index in [1.165, 1.54) is 76.0 Å². The highest BCUT2D eigenvalue weighted by molar-refractivity contribution is 6.31. The molecule has 1 aliphatic heterocycles. The molecule has 5 nitrogen and oxygen atoms in total. The van der Waals surface area contributed by atoms with Crippen molar-refractivity contribution in [2.45, 2.75) is 82.5 Å². The van der Waals surface area contributed by atoms with Gasteiger partial charge in [-0.2, -0.15) is 0 Å². The number of urea groups is 1. The molecule has 1 aromatic rings. The predicted octanol–water partition coefficient (Wildman–Crippen LogP) is 5.79. The maximum atomic E-state index is 13.3.